The molecule has 1 aliphatic carbocycles. The van der Waals surface area contributed by atoms with Gasteiger partial charge in [-0.25, -0.2) is 0 Å². The number of carbonyl (C=O) groups excluding carboxylic acids is 1. The molecule has 3 rings (SSSR count). The van der Waals surface area contributed by atoms with Crippen LogP contribution in [0, 0.1) is 5.92 Å². The summed E-state index contributed by atoms with van der Waals surface area (Å²) in [5, 5.41) is 4.05. The van der Waals surface area contributed by atoms with Gasteiger partial charge in [0.2, 0.25) is 5.91 Å². The van der Waals surface area contributed by atoms with Crippen molar-refractivity contribution in [2.24, 2.45) is 5.92 Å². The lowest BCUT2D eigenvalue weighted by molar-refractivity contribution is -0.117. The number of aromatic amines is 1. The van der Waals surface area contributed by atoms with Crippen molar-refractivity contribution >= 4 is 22.5 Å². The van der Waals surface area contributed by atoms with Gasteiger partial charge >= 0.3 is 0 Å². The standard InChI is InChI=1S/C12H12N2O/c15-12(8-4-5-8)14-11-3-1-2-10-9(11)6-7-13-10/h1-3,6-8,13H,4-5H2,(H,14,15). The minimum atomic E-state index is 0.156. The summed E-state index contributed by atoms with van der Waals surface area (Å²) in [6.07, 6.45) is 3.96. The van der Waals surface area contributed by atoms with Gasteiger partial charge in [-0.2, -0.15) is 0 Å². The first-order valence-corrected chi connectivity index (χ1v) is 5.21. The van der Waals surface area contributed by atoms with Crippen LogP contribution in [0.4, 0.5) is 5.69 Å². The summed E-state index contributed by atoms with van der Waals surface area (Å²) in [6, 6.07) is 7.87. The summed E-state index contributed by atoms with van der Waals surface area (Å²) in [7, 11) is 0. The summed E-state index contributed by atoms with van der Waals surface area (Å²) in [6.45, 7) is 0. The van der Waals surface area contributed by atoms with Crippen molar-refractivity contribution in [1.82, 2.24) is 4.98 Å². The van der Waals surface area contributed by atoms with Crippen LogP contribution in [0.15, 0.2) is 30.5 Å². The Morgan fingerprint density at radius 1 is 1.33 bits per heavy atom. The predicted octanol–water partition coefficient (Wildman–Crippen LogP) is 2.52. The van der Waals surface area contributed by atoms with Gasteiger partial charge in [0.1, 0.15) is 0 Å². The first kappa shape index (κ1) is 8.53. The van der Waals surface area contributed by atoms with E-state index in [1.807, 2.05) is 30.5 Å². The number of hydrogen-bond donors (Lipinski definition) is 2. The van der Waals surface area contributed by atoms with Gasteiger partial charge in [-0.05, 0) is 31.0 Å². The zero-order chi connectivity index (χ0) is 10.3. The van der Waals surface area contributed by atoms with Crippen molar-refractivity contribution in [3.05, 3.63) is 30.5 Å². The monoisotopic (exact) mass is 200 g/mol. The molecule has 0 saturated heterocycles. The molecule has 1 saturated carbocycles. The van der Waals surface area contributed by atoms with E-state index in [-0.39, 0.29) is 11.8 Å². The van der Waals surface area contributed by atoms with Crippen LogP contribution in [0.5, 0.6) is 0 Å². The second kappa shape index (κ2) is 3.12. The number of aromatic nitrogens is 1. The van der Waals surface area contributed by atoms with Gasteiger partial charge in [0, 0.05) is 23.0 Å². The van der Waals surface area contributed by atoms with E-state index in [4.69, 9.17) is 0 Å². The van der Waals surface area contributed by atoms with Crippen LogP contribution in [-0.4, -0.2) is 10.9 Å². The zero-order valence-electron chi connectivity index (χ0n) is 8.29. The van der Waals surface area contributed by atoms with Crippen LogP contribution in [0.25, 0.3) is 10.9 Å². The Morgan fingerprint density at radius 3 is 3.00 bits per heavy atom. The second-order valence-electron chi connectivity index (χ2n) is 4.01. The number of benzene rings is 1. The first-order valence-electron chi connectivity index (χ1n) is 5.21. The molecular weight excluding hydrogens is 188 g/mol. The van der Waals surface area contributed by atoms with Crippen LogP contribution in [-0.2, 0) is 4.79 Å². The molecule has 0 radical (unpaired) electrons. The molecule has 76 valence electrons. The van der Waals surface area contributed by atoms with E-state index < -0.39 is 0 Å². The molecule has 1 amide bonds. The fraction of sp³-hybridized carbons (Fsp3) is 0.250. The third-order valence-electron chi connectivity index (χ3n) is 2.80. The highest BCUT2D eigenvalue weighted by Gasteiger charge is 2.29. The summed E-state index contributed by atoms with van der Waals surface area (Å²) >= 11 is 0. The number of fused-ring (bicyclic) bond motifs is 1. The molecule has 0 unspecified atom stereocenters. The van der Waals surface area contributed by atoms with Crippen LogP contribution in [0.2, 0.25) is 0 Å². The summed E-state index contributed by atoms with van der Waals surface area (Å²) in [5.74, 6) is 0.405. The number of amides is 1. The van der Waals surface area contributed by atoms with E-state index in [9.17, 15) is 4.79 Å². The molecule has 1 aromatic carbocycles. The Morgan fingerprint density at radius 2 is 2.20 bits per heavy atom. The number of nitrogens with one attached hydrogen (secondary N) is 2. The lowest BCUT2D eigenvalue weighted by Crippen LogP contribution is -2.13. The fourth-order valence-electron chi connectivity index (χ4n) is 1.77. The molecule has 1 heterocycles. The topological polar surface area (TPSA) is 44.9 Å². The van der Waals surface area contributed by atoms with Crippen molar-refractivity contribution in [2.75, 3.05) is 5.32 Å². The molecule has 3 heteroatoms. The van der Waals surface area contributed by atoms with E-state index >= 15 is 0 Å². The molecule has 1 aromatic heterocycles. The van der Waals surface area contributed by atoms with Gasteiger partial charge in [0.15, 0.2) is 0 Å². The molecule has 2 aromatic rings. The normalized spacial score (nSPS) is 15.5. The molecular formula is C12H12N2O. The van der Waals surface area contributed by atoms with Gasteiger partial charge in [-0.15, -0.1) is 0 Å². The van der Waals surface area contributed by atoms with Gasteiger partial charge in [0.05, 0.1) is 5.69 Å². The number of H-pyrrole nitrogens is 1. The van der Waals surface area contributed by atoms with Crippen molar-refractivity contribution in [3.8, 4) is 0 Å². The van der Waals surface area contributed by atoms with Crippen molar-refractivity contribution in [3.63, 3.8) is 0 Å². The number of hydrogen-bond acceptors (Lipinski definition) is 1. The number of carbonyl (C=O) groups is 1. The van der Waals surface area contributed by atoms with E-state index in [0.29, 0.717) is 0 Å². The second-order valence-corrected chi connectivity index (χ2v) is 4.01. The van der Waals surface area contributed by atoms with Gasteiger partial charge < -0.3 is 10.3 Å². The largest absolute Gasteiger partial charge is 0.361 e. The molecule has 0 bridgehead atoms. The average molecular weight is 200 g/mol. The molecule has 0 aliphatic heterocycles. The highest BCUT2D eigenvalue weighted by atomic mass is 16.2. The third kappa shape index (κ3) is 1.50. The highest BCUT2D eigenvalue weighted by Crippen LogP contribution is 2.31. The number of rotatable bonds is 2. The first-order chi connectivity index (χ1) is 7.34. The third-order valence-corrected chi connectivity index (χ3v) is 2.80. The van der Waals surface area contributed by atoms with Crippen molar-refractivity contribution in [1.29, 1.82) is 0 Å². The van der Waals surface area contributed by atoms with Gasteiger partial charge in [-0.1, -0.05) is 6.07 Å². The van der Waals surface area contributed by atoms with E-state index in [0.717, 1.165) is 29.4 Å². The fourth-order valence-corrected chi connectivity index (χ4v) is 1.77. The molecule has 1 fully saturated rings. The summed E-state index contributed by atoms with van der Waals surface area (Å²) in [4.78, 5) is 14.7. The average Bonchev–Trinajstić information content (AvgIpc) is 2.97. The molecule has 15 heavy (non-hydrogen) atoms. The van der Waals surface area contributed by atoms with Crippen molar-refractivity contribution in [2.45, 2.75) is 12.8 Å². The summed E-state index contributed by atoms with van der Waals surface area (Å²) < 4.78 is 0. The maximum Gasteiger partial charge on any atom is 0.227 e. The SMILES string of the molecule is O=C(Nc1cccc2[nH]ccc12)C1CC1. The Labute approximate surface area is 87.5 Å². The van der Waals surface area contributed by atoms with Crippen LogP contribution >= 0.6 is 0 Å². The Balaban J connectivity index is 1.95. The predicted molar refractivity (Wildman–Crippen MR) is 59.7 cm³/mol. The van der Waals surface area contributed by atoms with Crippen LogP contribution in [0.1, 0.15) is 12.8 Å². The highest BCUT2D eigenvalue weighted by molar-refractivity contribution is 6.02. The van der Waals surface area contributed by atoms with Gasteiger partial charge in [0.25, 0.3) is 0 Å². The number of anilines is 1. The lowest BCUT2D eigenvalue weighted by atomic mass is 10.2. The Kier molecular flexibility index (Phi) is 1.78. The Hall–Kier alpha value is -1.77. The lowest BCUT2D eigenvalue weighted by Gasteiger charge is -2.05. The zero-order valence-corrected chi connectivity index (χ0v) is 8.29. The summed E-state index contributed by atoms with van der Waals surface area (Å²) in [5.41, 5.74) is 1.97. The van der Waals surface area contributed by atoms with Gasteiger partial charge in [-0.3, -0.25) is 4.79 Å². The quantitative estimate of drug-likeness (QED) is 0.768. The smallest absolute Gasteiger partial charge is 0.227 e. The van der Waals surface area contributed by atoms with E-state index in [2.05, 4.69) is 10.3 Å². The maximum atomic E-state index is 11.6. The minimum absolute atomic E-state index is 0.156. The molecule has 0 atom stereocenters. The van der Waals surface area contributed by atoms with Crippen LogP contribution < -0.4 is 5.32 Å². The van der Waals surface area contributed by atoms with E-state index in [1.54, 1.807) is 0 Å². The van der Waals surface area contributed by atoms with Crippen LogP contribution in [0.3, 0.4) is 0 Å². The minimum Gasteiger partial charge on any atom is -0.361 e. The van der Waals surface area contributed by atoms with E-state index in [1.165, 1.54) is 0 Å². The maximum absolute atomic E-state index is 11.6. The molecule has 2 N–H and O–H groups in total. The Bertz CT molecular complexity index is 511. The molecule has 0 spiro atoms. The molecule has 3 nitrogen and oxygen atoms in total. The van der Waals surface area contributed by atoms with Crippen molar-refractivity contribution < 1.29 is 4.79 Å². The molecule has 1 aliphatic rings.